The molecule has 0 aliphatic heterocycles. The first kappa shape index (κ1) is 8.32. The van der Waals surface area contributed by atoms with Crippen molar-refractivity contribution in [3.8, 4) is 0 Å². The summed E-state index contributed by atoms with van der Waals surface area (Å²) in [4.78, 5) is 4.02. The number of halogens is 1. The number of nitrogens with one attached hydrogen (secondary N) is 1. The molecule has 2 nitrogen and oxygen atoms in total. The predicted octanol–water partition coefficient (Wildman–Crippen LogP) is 2.93. The van der Waals surface area contributed by atoms with Crippen LogP contribution in [0.2, 0.25) is 5.15 Å². The highest BCUT2D eigenvalue weighted by atomic mass is 35.5. The predicted molar refractivity (Wildman–Crippen MR) is 56.3 cm³/mol. The molecule has 1 heterocycles. The van der Waals surface area contributed by atoms with Gasteiger partial charge in [0.1, 0.15) is 5.15 Å². The lowest BCUT2D eigenvalue weighted by molar-refractivity contribution is 1.36. The molecule has 0 atom stereocenters. The van der Waals surface area contributed by atoms with Gasteiger partial charge < -0.3 is 5.32 Å². The zero-order valence-electron chi connectivity index (χ0n) is 7.21. The van der Waals surface area contributed by atoms with Crippen LogP contribution < -0.4 is 5.32 Å². The number of pyridine rings is 1. The van der Waals surface area contributed by atoms with Crippen LogP contribution in [0.15, 0.2) is 30.5 Å². The lowest BCUT2D eigenvalue weighted by Gasteiger charge is -2.03. The molecule has 0 bridgehead atoms. The van der Waals surface area contributed by atoms with Gasteiger partial charge in [-0.25, -0.2) is 4.98 Å². The maximum atomic E-state index is 5.95. The number of aromatic nitrogens is 1. The molecule has 0 spiro atoms. The van der Waals surface area contributed by atoms with Gasteiger partial charge >= 0.3 is 0 Å². The first-order valence-corrected chi connectivity index (χ1v) is 4.41. The second-order valence-corrected chi connectivity index (χ2v) is 3.15. The fraction of sp³-hybridized carbons (Fsp3) is 0.100. The molecule has 2 aromatic rings. The summed E-state index contributed by atoms with van der Waals surface area (Å²) in [6.45, 7) is 0. The topological polar surface area (TPSA) is 24.9 Å². The molecule has 1 aromatic carbocycles. The lowest BCUT2D eigenvalue weighted by atomic mass is 10.1. The van der Waals surface area contributed by atoms with Gasteiger partial charge in [0.05, 0.1) is 0 Å². The van der Waals surface area contributed by atoms with E-state index in [1.54, 1.807) is 6.20 Å². The van der Waals surface area contributed by atoms with E-state index in [4.69, 9.17) is 11.6 Å². The third kappa shape index (κ3) is 1.45. The summed E-state index contributed by atoms with van der Waals surface area (Å²) in [5, 5.41) is 5.70. The summed E-state index contributed by atoms with van der Waals surface area (Å²) in [5.74, 6) is 0. The Morgan fingerprint density at radius 2 is 2.15 bits per heavy atom. The summed E-state index contributed by atoms with van der Waals surface area (Å²) in [6.07, 6.45) is 1.71. The van der Waals surface area contributed by atoms with Crippen LogP contribution in [0, 0.1) is 0 Å². The monoisotopic (exact) mass is 192 g/mol. The molecule has 2 rings (SSSR count). The fourth-order valence-corrected chi connectivity index (χ4v) is 1.51. The van der Waals surface area contributed by atoms with Crippen molar-refractivity contribution in [3.63, 3.8) is 0 Å². The van der Waals surface area contributed by atoms with Gasteiger partial charge in [0.2, 0.25) is 0 Å². The molecule has 0 unspecified atom stereocenters. The van der Waals surface area contributed by atoms with Crippen molar-refractivity contribution >= 4 is 28.1 Å². The fourth-order valence-electron chi connectivity index (χ4n) is 1.29. The van der Waals surface area contributed by atoms with E-state index in [2.05, 4.69) is 10.3 Å². The molecule has 1 N–H and O–H groups in total. The van der Waals surface area contributed by atoms with Gasteiger partial charge in [-0.1, -0.05) is 17.7 Å². The quantitative estimate of drug-likeness (QED) is 0.703. The van der Waals surface area contributed by atoms with Crippen molar-refractivity contribution < 1.29 is 0 Å². The maximum Gasteiger partial charge on any atom is 0.136 e. The second kappa shape index (κ2) is 3.23. The van der Waals surface area contributed by atoms with Crippen molar-refractivity contribution in [3.05, 3.63) is 35.6 Å². The first-order chi connectivity index (χ1) is 6.31. The molecule has 0 aliphatic rings. The van der Waals surface area contributed by atoms with E-state index in [9.17, 15) is 0 Å². The highest BCUT2D eigenvalue weighted by Gasteiger charge is 1.99. The Kier molecular flexibility index (Phi) is 2.07. The van der Waals surface area contributed by atoms with Crippen LogP contribution in [-0.2, 0) is 0 Å². The molecule has 3 heteroatoms. The summed E-state index contributed by atoms with van der Waals surface area (Å²) in [7, 11) is 1.88. The Bertz CT molecular complexity index is 440. The summed E-state index contributed by atoms with van der Waals surface area (Å²) in [6, 6.07) is 7.97. The Hall–Kier alpha value is -1.28. The average molecular weight is 193 g/mol. The number of benzene rings is 1. The number of hydrogen-bond acceptors (Lipinski definition) is 2. The highest BCUT2D eigenvalue weighted by molar-refractivity contribution is 6.34. The van der Waals surface area contributed by atoms with E-state index >= 15 is 0 Å². The van der Waals surface area contributed by atoms with Gasteiger partial charge in [0, 0.05) is 24.3 Å². The normalized spacial score (nSPS) is 10.3. The standard InChI is InChI=1S/C10H9ClN2/c1-12-8-3-2-7-4-5-13-10(11)9(7)6-8/h2-6,12H,1H3. The van der Waals surface area contributed by atoms with Gasteiger partial charge in [0.25, 0.3) is 0 Å². The third-order valence-electron chi connectivity index (χ3n) is 2.01. The smallest absolute Gasteiger partial charge is 0.136 e. The van der Waals surface area contributed by atoms with E-state index in [0.29, 0.717) is 5.15 Å². The van der Waals surface area contributed by atoms with Crippen LogP contribution in [0.1, 0.15) is 0 Å². The van der Waals surface area contributed by atoms with E-state index in [0.717, 1.165) is 16.5 Å². The van der Waals surface area contributed by atoms with E-state index in [-0.39, 0.29) is 0 Å². The molecule has 13 heavy (non-hydrogen) atoms. The van der Waals surface area contributed by atoms with Crippen LogP contribution in [0.4, 0.5) is 5.69 Å². The summed E-state index contributed by atoms with van der Waals surface area (Å²) >= 11 is 5.95. The molecule has 66 valence electrons. The minimum atomic E-state index is 0.551. The van der Waals surface area contributed by atoms with Crippen molar-refractivity contribution in [2.45, 2.75) is 0 Å². The highest BCUT2D eigenvalue weighted by Crippen LogP contribution is 2.23. The number of rotatable bonds is 1. The minimum absolute atomic E-state index is 0.551. The molecule has 1 aromatic heterocycles. The Labute approximate surface area is 81.6 Å². The number of fused-ring (bicyclic) bond motifs is 1. The maximum absolute atomic E-state index is 5.95. The molecular formula is C10H9ClN2. The molecule has 0 radical (unpaired) electrons. The van der Waals surface area contributed by atoms with E-state index in [1.807, 2.05) is 31.3 Å². The SMILES string of the molecule is CNc1ccc2ccnc(Cl)c2c1. The average Bonchev–Trinajstić information content (AvgIpc) is 2.18. The van der Waals surface area contributed by atoms with Crippen molar-refractivity contribution in [2.24, 2.45) is 0 Å². The third-order valence-corrected chi connectivity index (χ3v) is 2.31. The first-order valence-electron chi connectivity index (χ1n) is 4.03. The van der Waals surface area contributed by atoms with E-state index < -0.39 is 0 Å². The molecule has 0 amide bonds. The second-order valence-electron chi connectivity index (χ2n) is 2.79. The van der Waals surface area contributed by atoms with Crippen molar-refractivity contribution in [1.82, 2.24) is 4.98 Å². The number of nitrogens with zero attached hydrogens (tertiary/aromatic N) is 1. The van der Waals surface area contributed by atoms with Crippen LogP contribution >= 0.6 is 11.6 Å². The van der Waals surface area contributed by atoms with Crippen LogP contribution in [-0.4, -0.2) is 12.0 Å². The Balaban J connectivity index is 2.74. The number of hydrogen-bond donors (Lipinski definition) is 1. The zero-order chi connectivity index (χ0) is 9.26. The number of anilines is 1. The van der Waals surface area contributed by atoms with Crippen LogP contribution in [0.5, 0.6) is 0 Å². The molecule has 0 fully saturated rings. The molecular weight excluding hydrogens is 184 g/mol. The van der Waals surface area contributed by atoms with Gasteiger partial charge in [-0.2, -0.15) is 0 Å². The van der Waals surface area contributed by atoms with Crippen molar-refractivity contribution in [1.29, 1.82) is 0 Å². The van der Waals surface area contributed by atoms with Crippen LogP contribution in [0.25, 0.3) is 10.8 Å². The summed E-state index contributed by atoms with van der Waals surface area (Å²) in [5.41, 5.74) is 1.04. The van der Waals surface area contributed by atoms with Gasteiger partial charge in [-0.3, -0.25) is 0 Å². The largest absolute Gasteiger partial charge is 0.388 e. The van der Waals surface area contributed by atoms with Gasteiger partial charge in [-0.05, 0) is 23.6 Å². The lowest BCUT2D eigenvalue weighted by Crippen LogP contribution is -1.87. The minimum Gasteiger partial charge on any atom is -0.388 e. The van der Waals surface area contributed by atoms with Gasteiger partial charge in [0.15, 0.2) is 0 Å². The molecule has 0 saturated heterocycles. The Morgan fingerprint density at radius 1 is 1.31 bits per heavy atom. The summed E-state index contributed by atoms with van der Waals surface area (Å²) < 4.78 is 0. The van der Waals surface area contributed by atoms with Crippen LogP contribution in [0.3, 0.4) is 0 Å². The van der Waals surface area contributed by atoms with Gasteiger partial charge in [-0.15, -0.1) is 0 Å². The molecule has 0 saturated carbocycles. The zero-order valence-corrected chi connectivity index (χ0v) is 7.97. The van der Waals surface area contributed by atoms with E-state index in [1.165, 1.54) is 0 Å². The van der Waals surface area contributed by atoms with Crippen molar-refractivity contribution in [2.75, 3.05) is 12.4 Å². The molecule has 0 aliphatic carbocycles. The Morgan fingerprint density at radius 3 is 2.92 bits per heavy atom.